The zero-order valence-electron chi connectivity index (χ0n) is 11.1. The minimum Gasteiger partial charge on any atom is -0.388 e. The average Bonchev–Trinajstić information content (AvgIpc) is 2.36. The molecule has 0 fully saturated rings. The minimum absolute atomic E-state index is 0.295. The Hall–Kier alpha value is -0.580. The second kappa shape index (κ2) is 6.04. The second-order valence-electron chi connectivity index (χ2n) is 5.30. The molecule has 0 aromatic carbocycles. The van der Waals surface area contributed by atoms with E-state index in [1.54, 1.807) is 11.8 Å². The molecule has 0 saturated carbocycles. The molecule has 3 nitrogen and oxygen atoms in total. The molecule has 1 aromatic rings. The van der Waals surface area contributed by atoms with Crippen LogP contribution < -0.4 is 5.32 Å². The summed E-state index contributed by atoms with van der Waals surface area (Å²) in [6.45, 7) is 2.51. The Morgan fingerprint density at radius 3 is 3.22 bits per heavy atom. The Labute approximate surface area is 113 Å². The van der Waals surface area contributed by atoms with Gasteiger partial charge in [-0.25, -0.2) is 0 Å². The van der Waals surface area contributed by atoms with Crippen molar-refractivity contribution >= 4 is 11.8 Å². The van der Waals surface area contributed by atoms with Crippen molar-refractivity contribution in [3.8, 4) is 0 Å². The summed E-state index contributed by atoms with van der Waals surface area (Å²) in [7, 11) is 0. The summed E-state index contributed by atoms with van der Waals surface area (Å²) >= 11 is 1.68. The van der Waals surface area contributed by atoms with Crippen molar-refractivity contribution in [3.05, 3.63) is 29.6 Å². The summed E-state index contributed by atoms with van der Waals surface area (Å²) in [5, 5.41) is 13.7. The van der Waals surface area contributed by atoms with Gasteiger partial charge in [0.2, 0.25) is 0 Å². The summed E-state index contributed by atoms with van der Waals surface area (Å²) in [5.41, 5.74) is 1.88. The van der Waals surface area contributed by atoms with E-state index in [9.17, 15) is 5.11 Å². The maximum atomic E-state index is 10.2. The molecule has 2 atom stereocenters. The number of aliphatic hydroxyl groups is 1. The molecule has 0 radical (unpaired) electrons. The van der Waals surface area contributed by atoms with Crippen LogP contribution in [0, 0.1) is 0 Å². The molecule has 0 saturated heterocycles. The Balaban J connectivity index is 1.99. The zero-order valence-corrected chi connectivity index (χ0v) is 12.0. The summed E-state index contributed by atoms with van der Waals surface area (Å²) in [5.74, 6) is 0.752. The predicted molar refractivity (Wildman–Crippen MR) is 76.9 cm³/mol. The maximum Gasteiger partial charge on any atom is 0.0833 e. The van der Waals surface area contributed by atoms with Crippen LogP contribution in [0.15, 0.2) is 18.3 Å². The smallest absolute Gasteiger partial charge is 0.0833 e. The first-order valence-electron chi connectivity index (χ1n) is 6.51. The fourth-order valence-corrected chi connectivity index (χ4v) is 3.24. The van der Waals surface area contributed by atoms with Crippen LogP contribution in [0.1, 0.15) is 37.1 Å². The van der Waals surface area contributed by atoms with Gasteiger partial charge in [0, 0.05) is 24.5 Å². The largest absolute Gasteiger partial charge is 0.388 e. The van der Waals surface area contributed by atoms with E-state index in [-0.39, 0.29) is 0 Å². The fraction of sp³-hybridized carbons (Fsp3) is 0.643. The van der Waals surface area contributed by atoms with Crippen molar-refractivity contribution in [2.45, 2.75) is 37.8 Å². The summed E-state index contributed by atoms with van der Waals surface area (Å²) in [4.78, 5) is 4.50. The molecular formula is C14H22N2OS. The molecular weight excluding hydrogens is 244 g/mol. The molecule has 1 aliphatic carbocycles. The molecule has 18 heavy (non-hydrogen) atoms. The molecule has 0 bridgehead atoms. The third-order valence-electron chi connectivity index (χ3n) is 3.38. The quantitative estimate of drug-likeness (QED) is 0.857. The molecule has 1 aromatic heterocycles. The molecule has 2 unspecified atom stereocenters. The molecule has 0 aliphatic heterocycles. The van der Waals surface area contributed by atoms with Crippen LogP contribution in [0.3, 0.4) is 0 Å². The van der Waals surface area contributed by atoms with Crippen molar-refractivity contribution < 1.29 is 5.11 Å². The van der Waals surface area contributed by atoms with Gasteiger partial charge in [-0.1, -0.05) is 6.07 Å². The van der Waals surface area contributed by atoms with Gasteiger partial charge in [-0.05, 0) is 44.1 Å². The Bertz CT molecular complexity index is 395. The highest BCUT2D eigenvalue weighted by molar-refractivity contribution is 7.98. The number of nitrogens with one attached hydrogen (secondary N) is 1. The lowest BCUT2D eigenvalue weighted by Crippen LogP contribution is -2.42. The first-order chi connectivity index (χ1) is 8.62. The van der Waals surface area contributed by atoms with Gasteiger partial charge in [0.05, 0.1) is 11.3 Å². The van der Waals surface area contributed by atoms with E-state index in [0.29, 0.717) is 12.6 Å². The average molecular weight is 266 g/mol. The van der Waals surface area contributed by atoms with Crippen LogP contribution in [0.2, 0.25) is 0 Å². The number of pyridine rings is 1. The number of hydrogen-bond donors (Lipinski definition) is 2. The maximum absolute atomic E-state index is 10.2. The monoisotopic (exact) mass is 266 g/mol. The Morgan fingerprint density at radius 2 is 2.44 bits per heavy atom. The highest BCUT2D eigenvalue weighted by atomic mass is 32.2. The molecule has 2 N–H and O–H groups in total. The number of thioether (sulfide) groups is 1. The van der Waals surface area contributed by atoms with E-state index in [4.69, 9.17) is 0 Å². The molecule has 4 heteroatoms. The van der Waals surface area contributed by atoms with Crippen LogP contribution in [-0.2, 0) is 6.42 Å². The molecule has 2 rings (SSSR count). The molecule has 100 valence electrons. The first-order valence-corrected chi connectivity index (χ1v) is 7.90. The van der Waals surface area contributed by atoms with E-state index in [0.717, 1.165) is 18.6 Å². The number of rotatable bonds is 5. The van der Waals surface area contributed by atoms with E-state index < -0.39 is 5.60 Å². The van der Waals surface area contributed by atoms with Crippen LogP contribution in [-0.4, -0.2) is 34.2 Å². The number of aryl methyl sites for hydroxylation is 1. The molecule has 0 amide bonds. The number of fused-ring (bicyclic) bond motifs is 1. The van der Waals surface area contributed by atoms with Crippen molar-refractivity contribution in [1.29, 1.82) is 0 Å². The molecule has 1 heterocycles. The van der Waals surface area contributed by atoms with Crippen LogP contribution >= 0.6 is 11.8 Å². The first kappa shape index (κ1) is 13.8. The third-order valence-corrected chi connectivity index (χ3v) is 4.29. The fourth-order valence-electron chi connectivity index (χ4n) is 2.51. The predicted octanol–water partition coefficient (Wildman–Crippen LogP) is 2.16. The lowest BCUT2D eigenvalue weighted by molar-refractivity contribution is 0.0804. The van der Waals surface area contributed by atoms with Gasteiger partial charge >= 0.3 is 0 Å². The minimum atomic E-state index is -0.647. The lowest BCUT2D eigenvalue weighted by atomic mass is 9.91. The highest BCUT2D eigenvalue weighted by Gasteiger charge is 2.25. The summed E-state index contributed by atoms with van der Waals surface area (Å²) in [6.07, 6.45) is 7.31. The van der Waals surface area contributed by atoms with E-state index in [2.05, 4.69) is 16.4 Å². The van der Waals surface area contributed by atoms with Crippen LogP contribution in [0.5, 0.6) is 0 Å². The van der Waals surface area contributed by atoms with Crippen molar-refractivity contribution in [1.82, 2.24) is 10.3 Å². The Kier molecular flexibility index (Phi) is 4.65. The number of hydrogen-bond acceptors (Lipinski definition) is 4. The van der Waals surface area contributed by atoms with Gasteiger partial charge in [0.25, 0.3) is 0 Å². The second-order valence-corrected chi connectivity index (χ2v) is 6.17. The van der Waals surface area contributed by atoms with Crippen LogP contribution in [0.4, 0.5) is 0 Å². The Morgan fingerprint density at radius 1 is 1.61 bits per heavy atom. The molecule has 0 spiro atoms. The normalized spacial score (nSPS) is 22.3. The van der Waals surface area contributed by atoms with Crippen molar-refractivity contribution in [3.63, 3.8) is 0 Å². The van der Waals surface area contributed by atoms with Crippen molar-refractivity contribution in [2.75, 3.05) is 18.6 Å². The molecule has 1 aliphatic rings. The number of nitrogens with zero attached hydrogens (tertiary/aromatic N) is 1. The highest BCUT2D eigenvalue weighted by Crippen LogP contribution is 2.28. The summed E-state index contributed by atoms with van der Waals surface area (Å²) in [6, 6.07) is 4.46. The van der Waals surface area contributed by atoms with Crippen molar-refractivity contribution in [2.24, 2.45) is 0 Å². The summed E-state index contributed by atoms with van der Waals surface area (Å²) < 4.78 is 0. The van der Waals surface area contributed by atoms with Gasteiger partial charge in [0.1, 0.15) is 0 Å². The van der Waals surface area contributed by atoms with Gasteiger partial charge in [-0.3, -0.25) is 4.98 Å². The van der Waals surface area contributed by atoms with Gasteiger partial charge in [-0.15, -0.1) is 0 Å². The van der Waals surface area contributed by atoms with E-state index in [1.165, 1.54) is 17.7 Å². The standard InChI is InChI=1S/C14H22N2OS/c1-14(17,10-18-2)9-16-12-7-3-5-11-6-4-8-15-13(11)12/h4,6,8,12,16-17H,3,5,7,9-10H2,1-2H3. The van der Waals surface area contributed by atoms with Gasteiger partial charge in [-0.2, -0.15) is 11.8 Å². The lowest BCUT2D eigenvalue weighted by Gasteiger charge is -2.29. The number of aromatic nitrogens is 1. The topological polar surface area (TPSA) is 45.1 Å². The zero-order chi connectivity index (χ0) is 13.0. The third kappa shape index (κ3) is 3.46. The van der Waals surface area contributed by atoms with Gasteiger partial charge < -0.3 is 10.4 Å². The SMILES string of the molecule is CSCC(C)(O)CNC1CCCc2cccnc21. The van der Waals surface area contributed by atoms with Crippen LogP contribution in [0.25, 0.3) is 0 Å². The van der Waals surface area contributed by atoms with Gasteiger partial charge in [0.15, 0.2) is 0 Å². The van der Waals surface area contributed by atoms with E-state index in [1.807, 2.05) is 25.4 Å². The van der Waals surface area contributed by atoms with E-state index >= 15 is 0 Å².